The van der Waals surface area contributed by atoms with Crippen molar-refractivity contribution in [3.63, 3.8) is 0 Å². The van der Waals surface area contributed by atoms with Gasteiger partial charge in [-0.05, 0) is 29.8 Å². The van der Waals surface area contributed by atoms with Gasteiger partial charge in [-0.2, -0.15) is 13.9 Å². The molecule has 0 aromatic heterocycles. The van der Waals surface area contributed by atoms with E-state index in [1.165, 1.54) is 30.5 Å². The van der Waals surface area contributed by atoms with E-state index in [4.69, 9.17) is 34.8 Å². The fraction of sp³-hybridized carbons (Fsp3) is 0.0714. The number of hydrogen-bond donors (Lipinski definition) is 1. The largest absolute Gasteiger partial charge is 0.435 e. The molecule has 1 N–H and O–H groups in total. The van der Waals surface area contributed by atoms with Crippen LogP contribution in [0.2, 0.25) is 15.1 Å². The molecule has 0 aliphatic carbocycles. The maximum absolute atomic E-state index is 12.1. The summed E-state index contributed by atoms with van der Waals surface area (Å²) in [6.07, 6.45) is 1.42. The Morgan fingerprint density at radius 3 is 2.41 bits per heavy atom. The zero-order valence-electron chi connectivity index (χ0n) is 10.9. The Morgan fingerprint density at radius 1 is 1.09 bits per heavy atom. The minimum absolute atomic E-state index is 0.0431. The first-order chi connectivity index (χ1) is 10.5. The molecule has 0 atom stereocenters. The Bertz CT molecular complexity index is 673. The third-order valence-corrected chi connectivity index (χ3v) is 3.29. The van der Waals surface area contributed by atoms with Crippen LogP contribution in [0.15, 0.2) is 41.5 Å². The number of alkyl halides is 2. The fourth-order valence-electron chi connectivity index (χ4n) is 1.59. The van der Waals surface area contributed by atoms with Crippen molar-refractivity contribution < 1.29 is 13.5 Å². The van der Waals surface area contributed by atoms with Gasteiger partial charge in [0.05, 0.1) is 21.9 Å². The summed E-state index contributed by atoms with van der Waals surface area (Å²) in [5.74, 6) is 0.0431. The zero-order valence-corrected chi connectivity index (χ0v) is 13.1. The van der Waals surface area contributed by atoms with E-state index in [1.54, 1.807) is 12.1 Å². The Hall–Kier alpha value is -1.56. The van der Waals surface area contributed by atoms with Gasteiger partial charge in [0.2, 0.25) is 0 Å². The smallest absolute Gasteiger partial charge is 0.387 e. The van der Waals surface area contributed by atoms with Crippen molar-refractivity contribution in [3.05, 3.63) is 57.0 Å². The van der Waals surface area contributed by atoms with E-state index < -0.39 is 6.61 Å². The normalized spacial score (nSPS) is 11.2. The molecule has 2 rings (SSSR count). The van der Waals surface area contributed by atoms with Crippen molar-refractivity contribution in [1.82, 2.24) is 0 Å². The molecule has 0 saturated carbocycles. The third-order valence-electron chi connectivity index (χ3n) is 2.48. The highest BCUT2D eigenvalue weighted by atomic mass is 35.5. The second kappa shape index (κ2) is 7.63. The number of halogens is 5. The SMILES string of the molecule is FC(F)Oc1cccc(C=NNc2c(Cl)cc(Cl)cc2Cl)c1. The van der Waals surface area contributed by atoms with Crippen LogP contribution in [0.4, 0.5) is 14.5 Å². The quantitative estimate of drug-likeness (QED) is 0.545. The maximum atomic E-state index is 12.1. The van der Waals surface area contributed by atoms with Gasteiger partial charge in [0.1, 0.15) is 5.75 Å². The van der Waals surface area contributed by atoms with E-state index in [9.17, 15) is 8.78 Å². The zero-order chi connectivity index (χ0) is 16.1. The number of rotatable bonds is 5. The molecule has 116 valence electrons. The number of ether oxygens (including phenoxy) is 1. The second-order valence-corrected chi connectivity index (χ2v) is 5.32. The molecule has 2 aromatic rings. The van der Waals surface area contributed by atoms with E-state index in [0.29, 0.717) is 26.3 Å². The lowest BCUT2D eigenvalue weighted by Gasteiger charge is -2.07. The Morgan fingerprint density at radius 2 is 1.77 bits per heavy atom. The molecular formula is C14H9Cl3F2N2O. The number of hydrogen-bond acceptors (Lipinski definition) is 3. The van der Waals surface area contributed by atoms with Crippen molar-refractivity contribution in [2.45, 2.75) is 6.61 Å². The van der Waals surface area contributed by atoms with Crippen molar-refractivity contribution in [3.8, 4) is 5.75 Å². The standard InChI is InChI=1S/C14H9Cl3F2N2O/c15-9-5-11(16)13(12(17)6-9)21-20-7-8-2-1-3-10(4-8)22-14(18)19/h1-7,14,21H. The molecule has 0 aliphatic rings. The molecular weight excluding hydrogens is 357 g/mol. The van der Waals surface area contributed by atoms with Crippen molar-refractivity contribution >= 4 is 46.7 Å². The molecule has 0 heterocycles. The molecule has 0 amide bonds. The monoisotopic (exact) mass is 364 g/mol. The summed E-state index contributed by atoms with van der Waals surface area (Å²) >= 11 is 17.8. The van der Waals surface area contributed by atoms with Crippen LogP contribution >= 0.6 is 34.8 Å². The van der Waals surface area contributed by atoms with Crippen molar-refractivity contribution in [1.29, 1.82) is 0 Å². The Labute approximate surface area is 140 Å². The number of anilines is 1. The van der Waals surface area contributed by atoms with Gasteiger partial charge in [0.25, 0.3) is 0 Å². The number of nitrogens with one attached hydrogen (secondary N) is 1. The Kier molecular flexibility index (Phi) is 5.83. The molecule has 0 bridgehead atoms. The van der Waals surface area contributed by atoms with Gasteiger partial charge in [-0.15, -0.1) is 0 Å². The van der Waals surface area contributed by atoms with Gasteiger partial charge in [-0.3, -0.25) is 5.43 Å². The summed E-state index contributed by atoms with van der Waals surface area (Å²) in [4.78, 5) is 0. The van der Waals surface area contributed by atoms with Crippen LogP contribution in [0.3, 0.4) is 0 Å². The molecule has 2 aromatic carbocycles. The molecule has 0 unspecified atom stereocenters. The highest BCUT2D eigenvalue weighted by Gasteiger charge is 2.07. The number of nitrogens with zero attached hydrogens (tertiary/aromatic N) is 1. The van der Waals surface area contributed by atoms with Crippen LogP contribution in [-0.2, 0) is 0 Å². The summed E-state index contributed by atoms with van der Waals surface area (Å²) in [6.45, 7) is -2.88. The van der Waals surface area contributed by atoms with Gasteiger partial charge in [-0.1, -0.05) is 46.9 Å². The van der Waals surface area contributed by atoms with Gasteiger partial charge in [-0.25, -0.2) is 0 Å². The topological polar surface area (TPSA) is 33.6 Å². The van der Waals surface area contributed by atoms with E-state index in [2.05, 4.69) is 15.3 Å². The minimum atomic E-state index is -2.88. The van der Waals surface area contributed by atoms with Crippen molar-refractivity contribution in [2.24, 2.45) is 5.10 Å². The van der Waals surface area contributed by atoms with Crippen LogP contribution in [0, 0.1) is 0 Å². The molecule has 8 heteroatoms. The highest BCUT2D eigenvalue weighted by molar-refractivity contribution is 6.41. The fourth-order valence-corrected chi connectivity index (χ4v) is 2.49. The summed E-state index contributed by atoms with van der Waals surface area (Å²) in [5.41, 5.74) is 3.63. The lowest BCUT2D eigenvalue weighted by Crippen LogP contribution is -2.02. The first-order valence-electron chi connectivity index (χ1n) is 5.94. The van der Waals surface area contributed by atoms with Crippen molar-refractivity contribution in [2.75, 3.05) is 5.43 Å². The highest BCUT2D eigenvalue weighted by Crippen LogP contribution is 2.33. The van der Waals surface area contributed by atoms with Gasteiger partial charge in [0, 0.05) is 5.02 Å². The first-order valence-corrected chi connectivity index (χ1v) is 7.07. The first kappa shape index (κ1) is 16.8. The molecule has 3 nitrogen and oxygen atoms in total. The van der Waals surface area contributed by atoms with E-state index in [1.807, 2.05) is 0 Å². The molecule has 0 fully saturated rings. The second-order valence-electron chi connectivity index (χ2n) is 4.07. The third kappa shape index (κ3) is 4.73. The summed E-state index contributed by atoms with van der Waals surface area (Å²) < 4.78 is 28.6. The summed E-state index contributed by atoms with van der Waals surface area (Å²) in [7, 11) is 0. The van der Waals surface area contributed by atoms with Gasteiger partial charge < -0.3 is 4.74 Å². The van der Waals surface area contributed by atoms with Crippen LogP contribution < -0.4 is 10.2 Å². The summed E-state index contributed by atoms with van der Waals surface area (Å²) in [5, 5.41) is 4.98. The van der Waals surface area contributed by atoms with E-state index >= 15 is 0 Å². The maximum Gasteiger partial charge on any atom is 0.387 e. The minimum Gasteiger partial charge on any atom is -0.435 e. The molecule has 0 radical (unpaired) electrons. The average Bonchev–Trinajstić information content (AvgIpc) is 2.41. The Balaban J connectivity index is 2.10. The lowest BCUT2D eigenvalue weighted by molar-refractivity contribution is -0.0498. The van der Waals surface area contributed by atoms with E-state index in [0.717, 1.165) is 0 Å². The molecule has 22 heavy (non-hydrogen) atoms. The molecule has 0 spiro atoms. The number of hydrazone groups is 1. The van der Waals surface area contributed by atoms with Crippen LogP contribution in [-0.4, -0.2) is 12.8 Å². The van der Waals surface area contributed by atoms with Crippen LogP contribution in [0.5, 0.6) is 5.75 Å². The molecule has 0 saturated heterocycles. The average molecular weight is 366 g/mol. The summed E-state index contributed by atoms with van der Waals surface area (Å²) in [6, 6.07) is 9.12. The predicted molar refractivity (Wildman–Crippen MR) is 85.8 cm³/mol. The number of benzene rings is 2. The van der Waals surface area contributed by atoms with E-state index in [-0.39, 0.29) is 5.75 Å². The predicted octanol–water partition coefficient (Wildman–Crippen LogP) is 5.69. The van der Waals surface area contributed by atoms with Gasteiger partial charge in [0.15, 0.2) is 0 Å². The molecule has 0 aliphatic heterocycles. The van der Waals surface area contributed by atoms with Crippen LogP contribution in [0.25, 0.3) is 0 Å². The van der Waals surface area contributed by atoms with Crippen LogP contribution in [0.1, 0.15) is 5.56 Å². The lowest BCUT2D eigenvalue weighted by atomic mass is 10.2. The van der Waals surface area contributed by atoms with Gasteiger partial charge >= 0.3 is 6.61 Å².